The molecule has 1 aliphatic heterocycles. The van der Waals surface area contributed by atoms with Crippen LogP contribution in [0.15, 0.2) is 12.1 Å². The molecule has 1 aromatic carbocycles. The van der Waals surface area contributed by atoms with Crippen molar-refractivity contribution < 1.29 is 18.7 Å². The first-order valence-electron chi connectivity index (χ1n) is 6.38. The number of likely N-dealkylation sites (tertiary alicyclic amines) is 1. The van der Waals surface area contributed by atoms with Crippen molar-refractivity contribution in [3.8, 4) is 0 Å². The highest BCUT2D eigenvalue weighted by atomic mass is 19.1. The van der Waals surface area contributed by atoms with Crippen molar-refractivity contribution in [3.63, 3.8) is 0 Å². The van der Waals surface area contributed by atoms with Gasteiger partial charge in [-0.2, -0.15) is 0 Å². The molecule has 2 unspecified atom stereocenters. The summed E-state index contributed by atoms with van der Waals surface area (Å²) in [7, 11) is 3.13. The third-order valence-electron chi connectivity index (χ3n) is 3.62. The Kier molecular flexibility index (Phi) is 4.25. The van der Waals surface area contributed by atoms with Crippen molar-refractivity contribution in [3.05, 3.63) is 29.1 Å². The average Bonchev–Trinajstić information content (AvgIpc) is 2.85. The molecule has 2 rings (SSSR count). The zero-order valence-corrected chi connectivity index (χ0v) is 11.9. The van der Waals surface area contributed by atoms with Crippen LogP contribution in [0, 0.1) is 12.7 Å². The number of nitrogens with zero attached hydrogens (tertiary/aromatic N) is 1. The van der Waals surface area contributed by atoms with Crippen molar-refractivity contribution >= 4 is 11.6 Å². The molecule has 5 nitrogen and oxygen atoms in total. The van der Waals surface area contributed by atoms with Gasteiger partial charge in [-0.1, -0.05) is 0 Å². The molecule has 1 amide bonds. The van der Waals surface area contributed by atoms with Crippen LogP contribution in [0.4, 0.5) is 10.1 Å². The summed E-state index contributed by atoms with van der Waals surface area (Å²) in [5.41, 5.74) is 6.41. The lowest BCUT2D eigenvalue weighted by Gasteiger charge is -2.17. The summed E-state index contributed by atoms with van der Waals surface area (Å²) < 4.78 is 24.6. The Labute approximate surface area is 117 Å². The molecule has 0 radical (unpaired) electrons. The fourth-order valence-corrected chi connectivity index (χ4v) is 2.49. The summed E-state index contributed by atoms with van der Waals surface area (Å²) in [6, 6.07) is 2.87. The molecule has 0 spiro atoms. The lowest BCUT2D eigenvalue weighted by atomic mass is 10.1. The largest absolute Gasteiger partial charge is 0.399 e. The zero-order chi connectivity index (χ0) is 14.9. The molecular formula is C14H19FN2O3. The van der Waals surface area contributed by atoms with Crippen LogP contribution in [-0.4, -0.2) is 50.3 Å². The average molecular weight is 282 g/mol. The molecular weight excluding hydrogens is 263 g/mol. The van der Waals surface area contributed by atoms with Crippen LogP contribution in [0.3, 0.4) is 0 Å². The summed E-state index contributed by atoms with van der Waals surface area (Å²) in [6.07, 6.45) is -0.400. The van der Waals surface area contributed by atoms with E-state index in [1.54, 1.807) is 21.1 Å². The molecule has 2 atom stereocenters. The minimum atomic E-state index is -0.529. The van der Waals surface area contributed by atoms with Gasteiger partial charge in [0.25, 0.3) is 5.91 Å². The van der Waals surface area contributed by atoms with E-state index in [2.05, 4.69) is 0 Å². The third-order valence-corrected chi connectivity index (χ3v) is 3.62. The number of halogens is 1. The number of carbonyl (C=O) groups excluding carboxylic acids is 1. The van der Waals surface area contributed by atoms with Crippen LogP contribution in [0.1, 0.15) is 15.9 Å². The number of hydrogen-bond acceptors (Lipinski definition) is 4. The second kappa shape index (κ2) is 5.76. The number of amides is 1. The maximum atomic E-state index is 14.1. The molecule has 0 aliphatic carbocycles. The second-order valence-corrected chi connectivity index (χ2v) is 4.96. The van der Waals surface area contributed by atoms with Gasteiger partial charge < -0.3 is 20.1 Å². The van der Waals surface area contributed by atoms with Crippen molar-refractivity contribution in [1.29, 1.82) is 0 Å². The zero-order valence-electron chi connectivity index (χ0n) is 11.9. The third kappa shape index (κ3) is 2.62. The molecule has 1 aromatic rings. The van der Waals surface area contributed by atoms with Crippen molar-refractivity contribution in [2.24, 2.45) is 0 Å². The maximum Gasteiger partial charge on any atom is 0.257 e. The lowest BCUT2D eigenvalue weighted by molar-refractivity contribution is -0.00461. The first kappa shape index (κ1) is 14.7. The summed E-state index contributed by atoms with van der Waals surface area (Å²) >= 11 is 0. The molecule has 0 bridgehead atoms. The number of hydrogen-bond donors (Lipinski definition) is 1. The number of nitrogen functional groups attached to an aromatic ring is 1. The first-order chi connectivity index (χ1) is 9.47. The van der Waals surface area contributed by atoms with Gasteiger partial charge in [0.05, 0.1) is 5.56 Å². The topological polar surface area (TPSA) is 64.8 Å². The van der Waals surface area contributed by atoms with Crippen LogP contribution < -0.4 is 5.73 Å². The van der Waals surface area contributed by atoms with Crippen molar-refractivity contribution in [2.45, 2.75) is 19.1 Å². The van der Waals surface area contributed by atoms with Gasteiger partial charge in [-0.3, -0.25) is 4.79 Å². The second-order valence-electron chi connectivity index (χ2n) is 4.96. The molecule has 1 aliphatic rings. The van der Waals surface area contributed by atoms with Gasteiger partial charge in [-0.25, -0.2) is 4.39 Å². The predicted octanol–water partition coefficient (Wildman–Crippen LogP) is 1.20. The van der Waals surface area contributed by atoms with E-state index in [-0.39, 0.29) is 23.7 Å². The van der Waals surface area contributed by atoms with Gasteiger partial charge in [0.15, 0.2) is 0 Å². The normalized spacial score (nSPS) is 22.3. The van der Waals surface area contributed by atoms with Gasteiger partial charge in [-0.15, -0.1) is 0 Å². The molecule has 20 heavy (non-hydrogen) atoms. The van der Waals surface area contributed by atoms with E-state index in [1.165, 1.54) is 17.0 Å². The highest BCUT2D eigenvalue weighted by molar-refractivity contribution is 5.96. The summed E-state index contributed by atoms with van der Waals surface area (Å²) in [6.45, 7) is 2.34. The van der Waals surface area contributed by atoms with Gasteiger partial charge >= 0.3 is 0 Å². The highest BCUT2D eigenvalue weighted by Gasteiger charge is 2.36. The monoisotopic (exact) mass is 282 g/mol. The highest BCUT2D eigenvalue weighted by Crippen LogP contribution is 2.22. The number of nitrogens with two attached hydrogens (primary N) is 1. The smallest absolute Gasteiger partial charge is 0.257 e. The van der Waals surface area contributed by atoms with E-state index in [0.717, 1.165) is 0 Å². The molecule has 2 N–H and O–H groups in total. The number of aryl methyl sites for hydroxylation is 1. The number of rotatable bonds is 3. The number of anilines is 1. The Morgan fingerprint density at radius 1 is 1.30 bits per heavy atom. The van der Waals surface area contributed by atoms with E-state index in [9.17, 15) is 9.18 Å². The van der Waals surface area contributed by atoms with E-state index in [4.69, 9.17) is 15.2 Å². The van der Waals surface area contributed by atoms with Gasteiger partial charge in [0.1, 0.15) is 18.0 Å². The molecule has 0 aromatic heterocycles. The van der Waals surface area contributed by atoms with Crippen LogP contribution in [0.2, 0.25) is 0 Å². The van der Waals surface area contributed by atoms with Gasteiger partial charge in [-0.05, 0) is 24.6 Å². The van der Waals surface area contributed by atoms with Crippen LogP contribution >= 0.6 is 0 Å². The predicted molar refractivity (Wildman–Crippen MR) is 73.0 cm³/mol. The van der Waals surface area contributed by atoms with Crippen LogP contribution in [0.5, 0.6) is 0 Å². The molecule has 1 heterocycles. The molecule has 0 saturated carbocycles. The molecule has 1 saturated heterocycles. The van der Waals surface area contributed by atoms with Gasteiger partial charge in [0, 0.05) is 33.0 Å². The minimum absolute atomic E-state index is 0.00546. The summed E-state index contributed by atoms with van der Waals surface area (Å²) in [5.74, 6) is -0.918. The van der Waals surface area contributed by atoms with Crippen LogP contribution in [0.25, 0.3) is 0 Å². The quantitative estimate of drug-likeness (QED) is 0.846. The van der Waals surface area contributed by atoms with E-state index in [1.807, 2.05) is 0 Å². The van der Waals surface area contributed by atoms with Crippen LogP contribution in [-0.2, 0) is 9.47 Å². The van der Waals surface area contributed by atoms with Crippen molar-refractivity contribution in [1.82, 2.24) is 4.90 Å². The number of methoxy groups -OCH3 is 2. The van der Waals surface area contributed by atoms with E-state index < -0.39 is 5.82 Å². The van der Waals surface area contributed by atoms with Gasteiger partial charge in [0.2, 0.25) is 0 Å². The molecule has 110 valence electrons. The number of ether oxygens (including phenoxy) is 2. The Bertz CT molecular complexity index is 509. The Balaban J connectivity index is 2.25. The molecule has 6 heteroatoms. The standard InChI is InChI=1S/C14H19FN2O3/c1-8-4-9(16)5-10(13(8)15)14(18)17-6-11(19-2)12(7-17)20-3/h4-5,11-12H,6-7,16H2,1-3H3. The van der Waals surface area contributed by atoms with Crippen molar-refractivity contribution in [2.75, 3.05) is 33.0 Å². The van der Waals surface area contributed by atoms with E-state index in [0.29, 0.717) is 24.3 Å². The minimum Gasteiger partial charge on any atom is -0.399 e. The first-order valence-corrected chi connectivity index (χ1v) is 6.38. The number of carbonyl (C=O) groups is 1. The SMILES string of the molecule is COC1CN(C(=O)c2cc(N)cc(C)c2F)CC1OC. The van der Waals surface area contributed by atoms with E-state index >= 15 is 0 Å². The Morgan fingerprint density at radius 2 is 1.85 bits per heavy atom. The Hall–Kier alpha value is -1.66. The fraction of sp³-hybridized carbons (Fsp3) is 0.500. The fourth-order valence-electron chi connectivity index (χ4n) is 2.49. The summed E-state index contributed by atoms with van der Waals surface area (Å²) in [5, 5.41) is 0. The lowest BCUT2D eigenvalue weighted by Crippen LogP contribution is -2.31. The molecule has 1 fully saturated rings. The maximum absolute atomic E-state index is 14.1. The summed E-state index contributed by atoms with van der Waals surface area (Å²) in [4.78, 5) is 13.9. The Morgan fingerprint density at radius 3 is 2.35 bits per heavy atom. The number of benzene rings is 1.